The minimum Gasteiger partial charge on any atom is -0.461 e. The number of hydrogen-bond donors (Lipinski definition) is 2. The second-order valence-electron chi connectivity index (χ2n) is 9.27. The van der Waals surface area contributed by atoms with Crippen LogP contribution in [-0.2, 0) is 30.4 Å². The number of anilines is 3. The molecule has 0 fully saturated rings. The number of ether oxygens (including phenoxy) is 3. The van der Waals surface area contributed by atoms with Gasteiger partial charge in [-0.05, 0) is 48.4 Å². The number of amides is 3. The first-order chi connectivity index (χ1) is 21.2. The van der Waals surface area contributed by atoms with E-state index in [0.29, 0.717) is 41.8 Å². The van der Waals surface area contributed by atoms with E-state index in [-0.39, 0.29) is 32.7 Å². The van der Waals surface area contributed by atoms with Crippen LogP contribution in [0.3, 0.4) is 0 Å². The Morgan fingerprint density at radius 2 is 1.45 bits per heavy atom. The van der Waals surface area contributed by atoms with Gasteiger partial charge in [0.2, 0.25) is 0 Å². The fourth-order valence-corrected chi connectivity index (χ4v) is 4.20. The molecule has 238 valence electrons. The maximum atomic E-state index is 12.6. The summed E-state index contributed by atoms with van der Waals surface area (Å²) < 4.78 is 15.4. The van der Waals surface area contributed by atoms with Crippen LogP contribution in [0.15, 0.2) is 73.8 Å². The molecule has 0 saturated carbocycles. The van der Waals surface area contributed by atoms with E-state index in [9.17, 15) is 19.2 Å². The molecule has 0 aliphatic rings. The molecule has 1 atom stereocenters. The number of nitrogens with zero attached hydrogens (tertiary/aromatic N) is 2. The summed E-state index contributed by atoms with van der Waals surface area (Å²) in [5, 5.41) is 5.14. The number of alkyl halides is 2. The average molecular weight is 650 g/mol. The van der Waals surface area contributed by atoms with Crippen molar-refractivity contribution in [1.29, 1.82) is 0 Å². The van der Waals surface area contributed by atoms with Crippen LogP contribution in [0.2, 0.25) is 0 Å². The number of carbonyl (C=O) groups is 4. The quantitative estimate of drug-likeness (QED) is 0.0943. The molecular formula is C31H38Cl2N4O7. The lowest BCUT2D eigenvalue weighted by Gasteiger charge is -2.24. The standard InChI is InChI=1S/C31H38Cl2N4O7/c1-4-20-42-28(38)15-14-27(29(39)43-21-5-2)35-30(40)34-24-8-6-23(7-9-24)22-44-31(41)36(3)25-10-12-26(13-11-25)37(18-16-32)19-17-33/h4-13,27H,1-2,14-22H2,3H3,(H2,34,35,40)/t27-/m0/s1. The number of halogens is 2. The van der Waals surface area contributed by atoms with Gasteiger partial charge in [0.25, 0.3) is 0 Å². The van der Waals surface area contributed by atoms with E-state index >= 15 is 0 Å². The molecule has 2 aromatic rings. The average Bonchev–Trinajstić information content (AvgIpc) is 3.03. The van der Waals surface area contributed by atoms with Crippen LogP contribution in [-0.4, -0.2) is 75.2 Å². The minimum absolute atomic E-state index is 0.00608. The maximum absolute atomic E-state index is 12.6. The monoisotopic (exact) mass is 648 g/mol. The number of nitrogens with one attached hydrogen (secondary N) is 2. The first kappa shape index (κ1) is 36.0. The molecule has 0 heterocycles. The summed E-state index contributed by atoms with van der Waals surface area (Å²) in [5.74, 6) is -0.312. The van der Waals surface area contributed by atoms with Crippen molar-refractivity contribution < 1.29 is 33.4 Å². The molecule has 0 aliphatic heterocycles. The molecule has 0 radical (unpaired) electrons. The molecule has 44 heavy (non-hydrogen) atoms. The van der Waals surface area contributed by atoms with Gasteiger partial charge in [0.05, 0.1) is 0 Å². The second kappa shape index (κ2) is 19.9. The lowest BCUT2D eigenvalue weighted by molar-refractivity contribution is -0.146. The van der Waals surface area contributed by atoms with Crippen molar-refractivity contribution in [3.8, 4) is 0 Å². The summed E-state index contributed by atoms with van der Waals surface area (Å²) in [5.41, 5.74) is 2.72. The number of urea groups is 1. The van der Waals surface area contributed by atoms with Crippen molar-refractivity contribution in [2.45, 2.75) is 25.5 Å². The molecule has 2 aromatic carbocycles. The molecule has 0 bridgehead atoms. The molecule has 0 spiro atoms. The number of carbonyl (C=O) groups excluding carboxylic acids is 4. The smallest absolute Gasteiger partial charge is 0.414 e. The highest BCUT2D eigenvalue weighted by atomic mass is 35.5. The van der Waals surface area contributed by atoms with Gasteiger partial charge in [-0.25, -0.2) is 14.4 Å². The van der Waals surface area contributed by atoms with Gasteiger partial charge in [0.15, 0.2) is 0 Å². The Balaban J connectivity index is 1.90. The Hall–Kier alpha value is -4.22. The predicted octanol–water partition coefficient (Wildman–Crippen LogP) is 5.47. The van der Waals surface area contributed by atoms with Crippen molar-refractivity contribution in [2.75, 3.05) is 60.2 Å². The summed E-state index contributed by atoms with van der Waals surface area (Å²) in [6, 6.07) is 12.3. The normalized spacial score (nSPS) is 11.0. The van der Waals surface area contributed by atoms with Gasteiger partial charge in [-0.1, -0.05) is 37.4 Å². The first-order valence-electron chi connectivity index (χ1n) is 13.8. The zero-order chi connectivity index (χ0) is 32.3. The van der Waals surface area contributed by atoms with Gasteiger partial charge in [0, 0.05) is 55.4 Å². The number of hydrogen-bond acceptors (Lipinski definition) is 8. The summed E-state index contributed by atoms with van der Waals surface area (Å²) in [7, 11) is 1.61. The maximum Gasteiger partial charge on any atom is 0.414 e. The fraction of sp³-hybridized carbons (Fsp3) is 0.355. The summed E-state index contributed by atoms with van der Waals surface area (Å²) >= 11 is 11.8. The lowest BCUT2D eigenvalue weighted by Crippen LogP contribution is -2.44. The van der Waals surface area contributed by atoms with Crippen LogP contribution < -0.4 is 20.4 Å². The highest BCUT2D eigenvalue weighted by molar-refractivity contribution is 6.18. The van der Waals surface area contributed by atoms with Crippen LogP contribution in [0.1, 0.15) is 18.4 Å². The van der Waals surface area contributed by atoms with Crippen LogP contribution in [0.4, 0.5) is 26.7 Å². The highest BCUT2D eigenvalue weighted by Gasteiger charge is 2.23. The molecule has 0 saturated heterocycles. The van der Waals surface area contributed by atoms with E-state index < -0.39 is 30.1 Å². The topological polar surface area (TPSA) is 127 Å². The minimum atomic E-state index is -1.09. The van der Waals surface area contributed by atoms with Gasteiger partial charge in [-0.3, -0.25) is 9.69 Å². The molecule has 2 N–H and O–H groups in total. The molecule has 0 aliphatic carbocycles. The van der Waals surface area contributed by atoms with E-state index in [1.54, 1.807) is 31.3 Å². The summed E-state index contributed by atoms with van der Waals surface area (Å²) in [4.78, 5) is 52.9. The van der Waals surface area contributed by atoms with Crippen molar-refractivity contribution in [1.82, 2.24) is 5.32 Å². The van der Waals surface area contributed by atoms with Crippen molar-refractivity contribution in [3.05, 3.63) is 79.4 Å². The Bertz CT molecular complexity index is 1240. The second-order valence-corrected chi connectivity index (χ2v) is 10.0. The van der Waals surface area contributed by atoms with E-state index in [2.05, 4.69) is 28.7 Å². The Morgan fingerprint density at radius 3 is 2.05 bits per heavy atom. The third kappa shape index (κ3) is 12.6. The highest BCUT2D eigenvalue weighted by Crippen LogP contribution is 2.21. The Labute approximate surface area is 267 Å². The van der Waals surface area contributed by atoms with E-state index in [4.69, 9.17) is 37.4 Å². The van der Waals surface area contributed by atoms with Gasteiger partial charge < -0.3 is 29.7 Å². The van der Waals surface area contributed by atoms with Crippen molar-refractivity contribution in [3.63, 3.8) is 0 Å². The van der Waals surface area contributed by atoms with Crippen LogP contribution in [0.25, 0.3) is 0 Å². The van der Waals surface area contributed by atoms with Gasteiger partial charge >= 0.3 is 24.1 Å². The Morgan fingerprint density at radius 1 is 0.864 bits per heavy atom. The molecule has 3 amide bonds. The van der Waals surface area contributed by atoms with Gasteiger partial charge in [-0.15, -0.1) is 23.2 Å². The zero-order valence-electron chi connectivity index (χ0n) is 24.6. The molecule has 2 rings (SSSR count). The zero-order valence-corrected chi connectivity index (χ0v) is 26.1. The van der Waals surface area contributed by atoms with E-state index in [1.807, 2.05) is 24.3 Å². The van der Waals surface area contributed by atoms with Gasteiger partial charge in [0.1, 0.15) is 25.9 Å². The van der Waals surface area contributed by atoms with Crippen molar-refractivity contribution >= 4 is 64.3 Å². The summed E-state index contributed by atoms with van der Waals surface area (Å²) in [6.07, 6.45) is 2.14. The third-order valence-electron chi connectivity index (χ3n) is 6.09. The summed E-state index contributed by atoms with van der Waals surface area (Å²) in [6.45, 7) is 8.28. The number of esters is 2. The van der Waals surface area contributed by atoms with Crippen molar-refractivity contribution in [2.24, 2.45) is 0 Å². The van der Waals surface area contributed by atoms with E-state index in [0.717, 1.165) is 5.69 Å². The molecule has 13 heteroatoms. The van der Waals surface area contributed by atoms with Crippen LogP contribution >= 0.6 is 23.2 Å². The lowest BCUT2D eigenvalue weighted by atomic mass is 10.1. The SMILES string of the molecule is C=CCOC(=O)CC[C@H](NC(=O)Nc1ccc(COC(=O)N(C)c2ccc(N(CCCl)CCCl)cc2)cc1)C(=O)OCC=C. The number of benzene rings is 2. The van der Waals surface area contributed by atoms with Crippen LogP contribution in [0.5, 0.6) is 0 Å². The molecular weight excluding hydrogens is 611 g/mol. The molecule has 0 unspecified atom stereocenters. The largest absolute Gasteiger partial charge is 0.461 e. The van der Waals surface area contributed by atoms with Gasteiger partial charge in [-0.2, -0.15) is 0 Å². The third-order valence-corrected chi connectivity index (χ3v) is 6.43. The molecule has 0 aromatic heterocycles. The first-order valence-corrected chi connectivity index (χ1v) is 14.9. The van der Waals surface area contributed by atoms with Crippen LogP contribution in [0, 0.1) is 0 Å². The number of rotatable bonds is 18. The Kier molecular flexibility index (Phi) is 16.2. The predicted molar refractivity (Wildman–Crippen MR) is 173 cm³/mol. The molecule has 11 nitrogen and oxygen atoms in total. The van der Waals surface area contributed by atoms with E-state index in [1.165, 1.54) is 17.1 Å². The fourth-order valence-electron chi connectivity index (χ4n) is 3.79.